The van der Waals surface area contributed by atoms with E-state index in [1.54, 1.807) is 25.1 Å². The highest BCUT2D eigenvalue weighted by Gasteiger charge is 2.16. The zero-order valence-corrected chi connectivity index (χ0v) is 10.3. The first kappa shape index (κ1) is 13.1. The summed E-state index contributed by atoms with van der Waals surface area (Å²) in [5.41, 5.74) is 0. The molecule has 0 unspecified atom stereocenters. The number of sulfone groups is 1. The van der Waals surface area contributed by atoms with Gasteiger partial charge in [-0.3, -0.25) is 4.79 Å². The smallest absolute Gasteiger partial charge is 0.313 e. The van der Waals surface area contributed by atoms with Crippen LogP contribution in [0.5, 0.6) is 0 Å². The second-order valence-electron chi connectivity index (χ2n) is 3.03. The molecule has 0 aliphatic carbocycles. The summed E-state index contributed by atoms with van der Waals surface area (Å²) in [5.74, 6) is -1.10. The fraction of sp³-hybridized carbons (Fsp3) is 0.300. The fourth-order valence-corrected chi connectivity index (χ4v) is 3.31. The topological polar surface area (TPSA) is 71.4 Å². The third kappa shape index (κ3) is 3.24. The van der Waals surface area contributed by atoms with Gasteiger partial charge in [0.1, 0.15) is 0 Å². The number of rotatable bonds is 5. The van der Waals surface area contributed by atoms with Gasteiger partial charge in [0.2, 0.25) is 0 Å². The van der Waals surface area contributed by atoms with Crippen molar-refractivity contribution in [2.75, 3.05) is 11.5 Å². The SMILES string of the molecule is CCS(=O)(=O)c1ccccc1SCC(=O)O. The molecule has 0 aromatic heterocycles. The van der Waals surface area contributed by atoms with Gasteiger partial charge < -0.3 is 5.11 Å². The van der Waals surface area contributed by atoms with Gasteiger partial charge in [0.05, 0.1) is 16.4 Å². The minimum absolute atomic E-state index is 0.0116. The molecule has 0 amide bonds. The quantitative estimate of drug-likeness (QED) is 0.815. The van der Waals surface area contributed by atoms with Gasteiger partial charge in [-0.05, 0) is 12.1 Å². The van der Waals surface area contributed by atoms with E-state index < -0.39 is 15.8 Å². The maximum Gasteiger partial charge on any atom is 0.313 e. The molecule has 88 valence electrons. The number of aliphatic carboxylic acids is 1. The number of thioether (sulfide) groups is 1. The van der Waals surface area contributed by atoms with E-state index in [-0.39, 0.29) is 16.4 Å². The number of carbonyl (C=O) groups is 1. The summed E-state index contributed by atoms with van der Waals surface area (Å²) in [6.45, 7) is 1.56. The van der Waals surface area contributed by atoms with Gasteiger partial charge in [-0.2, -0.15) is 0 Å². The minimum atomic E-state index is -3.29. The Balaban J connectivity index is 3.06. The molecular weight excluding hydrogens is 248 g/mol. The van der Waals surface area contributed by atoms with Crippen LogP contribution in [-0.4, -0.2) is 31.0 Å². The standard InChI is InChI=1S/C10H12O4S2/c1-2-16(13,14)9-6-4-3-5-8(9)15-7-10(11)12/h3-6H,2,7H2,1H3,(H,11,12). The minimum Gasteiger partial charge on any atom is -0.481 e. The summed E-state index contributed by atoms with van der Waals surface area (Å²) in [6, 6.07) is 6.45. The zero-order chi connectivity index (χ0) is 12.2. The summed E-state index contributed by atoms with van der Waals surface area (Å²) in [5, 5.41) is 8.56. The number of benzene rings is 1. The average molecular weight is 260 g/mol. The molecule has 16 heavy (non-hydrogen) atoms. The van der Waals surface area contributed by atoms with Crippen LogP contribution in [0.1, 0.15) is 6.92 Å². The fourth-order valence-electron chi connectivity index (χ4n) is 1.12. The van der Waals surface area contributed by atoms with Crippen LogP contribution in [0.2, 0.25) is 0 Å². The molecule has 0 heterocycles. The third-order valence-corrected chi connectivity index (χ3v) is 4.89. The number of carboxylic acid groups (broad SMARTS) is 1. The number of hydrogen-bond acceptors (Lipinski definition) is 4. The first-order valence-corrected chi connectivity index (χ1v) is 7.27. The van der Waals surface area contributed by atoms with Gasteiger partial charge >= 0.3 is 5.97 Å². The largest absolute Gasteiger partial charge is 0.481 e. The van der Waals surface area contributed by atoms with E-state index in [1.165, 1.54) is 6.07 Å². The summed E-state index contributed by atoms with van der Waals surface area (Å²) in [6.07, 6.45) is 0. The number of carboxylic acids is 1. The van der Waals surface area contributed by atoms with Gasteiger partial charge in [0, 0.05) is 4.90 Å². The van der Waals surface area contributed by atoms with E-state index in [0.717, 1.165) is 11.8 Å². The molecule has 0 spiro atoms. The molecule has 0 saturated carbocycles. The van der Waals surface area contributed by atoms with Crippen molar-refractivity contribution in [3.63, 3.8) is 0 Å². The summed E-state index contributed by atoms with van der Waals surface area (Å²) >= 11 is 1.02. The van der Waals surface area contributed by atoms with E-state index in [9.17, 15) is 13.2 Å². The molecule has 0 fully saturated rings. The van der Waals surface area contributed by atoms with Crippen LogP contribution in [0, 0.1) is 0 Å². The van der Waals surface area contributed by atoms with E-state index in [0.29, 0.717) is 4.90 Å². The molecule has 0 radical (unpaired) electrons. The summed E-state index contributed by atoms with van der Waals surface area (Å²) in [4.78, 5) is 11.1. The highest BCUT2D eigenvalue weighted by Crippen LogP contribution is 2.26. The Morgan fingerprint density at radius 1 is 1.38 bits per heavy atom. The van der Waals surface area contributed by atoms with E-state index >= 15 is 0 Å². The van der Waals surface area contributed by atoms with Crippen LogP contribution in [-0.2, 0) is 14.6 Å². The Kier molecular flexibility index (Phi) is 4.37. The van der Waals surface area contributed by atoms with Crippen LogP contribution in [0.25, 0.3) is 0 Å². The monoisotopic (exact) mass is 260 g/mol. The Morgan fingerprint density at radius 3 is 2.56 bits per heavy atom. The Labute approximate surface area is 98.6 Å². The van der Waals surface area contributed by atoms with E-state index in [1.807, 2.05) is 0 Å². The van der Waals surface area contributed by atoms with E-state index in [2.05, 4.69) is 0 Å². The molecular formula is C10H12O4S2. The van der Waals surface area contributed by atoms with Crippen LogP contribution >= 0.6 is 11.8 Å². The molecule has 0 atom stereocenters. The van der Waals surface area contributed by atoms with Gasteiger partial charge in [0.25, 0.3) is 0 Å². The lowest BCUT2D eigenvalue weighted by Gasteiger charge is -2.07. The van der Waals surface area contributed by atoms with Crippen LogP contribution in [0.15, 0.2) is 34.1 Å². The van der Waals surface area contributed by atoms with Crippen LogP contribution in [0.4, 0.5) is 0 Å². The van der Waals surface area contributed by atoms with Crippen molar-refractivity contribution in [2.24, 2.45) is 0 Å². The highest BCUT2D eigenvalue weighted by atomic mass is 32.2. The van der Waals surface area contributed by atoms with Crippen molar-refractivity contribution >= 4 is 27.6 Å². The third-order valence-electron chi connectivity index (χ3n) is 1.92. The molecule has 1 aromatic rings. The Hall–Kier alpha value is -1.01. The highest BCUT2D eigenvalue weighted by molar-refractivity contribution is 8.00. The van der Waals surface area contributed by atoms with Gasteiger partial charge in [0.15, 0.2) is 9.84 Å². The molecule has 6 heteroatoms. The Bertz CT molecular complexity index is 479. The molecule has 1 rings (SSSR count). The predicted octanol–water partition coefficient (Wildman–Crippen LogP) is 1.66. The normalized spacial score (nSPS) is 11.3. The first-order valence-electron chi connectivity index (χ1n) is 4.63. The lowest BCUT2D eigenvalue weighted by molar-refractivity contribution is -0.133. The average Bonchev–Trinajstić information content (AvgIpc) is 2.26. The molecule has 0 bridgehead atoms. The van der Waals surface area contributed by atoms with Crippen LogP contribution in [0.3, 0.4) is 0 Å². The predicted molar refractivity (Wildman–Crippen MR) is 62.5 cm³/mol. The lowest BCUT2D eigenvalue weighted by atomic mass is 10.4. The maximum absolute atomic E-state index is 11.7. The van der Waals surface area contributed by atoms with Crippen molar-refractivity contribution in [3.8, 4) is 0 Å². The van der Waals surface area contributed by atoms with Crippen molar-refractivity contribution in [1.29, 1.82) is 0 Å². The maximum atomic E-state index is 11.7. The van der Waals surface area contributed by atoms with Crippen molar-refractivity contribution in [1.82, 2.24) is 0 Å². The second kappa shape index (κ2) is 5.36. The van der Waals surface area contributed by atoms with Gasteiger partial charge in [-0.1, -0.05) is 19.1 Å². The van der Waals surface area contributed by atoms with Crippen LogP contribution < -0.4 is 0 Å². The van der Waals surface area contributed by atoms with Crippen molar-refractivity contribution < 1.29 is 18.3 Å². The van der Waals surface area contributed by atoms with Gasteiger partial charge in [-0.25, -0.2) is 8.42 Å². The van der Waals surface area contributed by atoms with Crippen molar-refractivity contribution in [3.05, 3.63) is 24.3 Å². The molecule has 0 aliphatic rings. The zero-order valence-electron chi connectivity index (χ0n) is 8.71. The summed E-state index contributed by atoms with van der Waals surface area (Å²) in [7, 11) is -3.29. The Morgan fingerprint density at radius 2 is 2.00 bits per heavy atom. The second-order valence-corrected chi connectivity index (χ2v) is 6.30. The number of hydrogen-bond donors (Lipinski definition) is 1. The molecule has 1 aromatic carbocycles. The molecule has 1 N–H and O–H groups in total. The van der Waals surface area contributed by atoms with Crippen molar-refractivity contribution in [2.45, 2.75) is 16.7 Å². The van der Waals surface area contributed by atoms with E-state index in [4.69, 9.17) is 5.11 Å². The molecule has 0 saturated heterocycles. The first-order chi connectivity index (χ1) is 7.47. The lowest BCUT2D eigenvalue weighted by Crippen LogP contribution is -2.06. The molecule has 4 nitrogen and oxygen atoms in total. The summed E-state index contributed by atoms with van der Waals surface area (Å²) < 4.78 is 23.4. The molecule has 0 aliphatic heterocycles. The van der Waals surface area contributed by atoms with Gasteiger partial charge in [-0.15, -0.1) is 11.8 Å².